The number of hydrogen-bond donors (Lipinski definition) is 2. The van der Waals surface area contributed by atoms with Crippen molar-refractivity contribution in [2.45, 2.75) is 24.9 Å². The zero-order valence-corrected chi connectivity index (χ0v) is 12.1. The molecule has 0 amide bonds. The molecule has 3 heterocycles. The molecule has 3 rings (SSSR count). The van der Waals surface area contributed by atoms with Crippen molar-refractivity contribution in [3.63, 3.8) is 0 Å². The van der Waals surface area contributed by atoms with Crippen LogP contribution in [0.15, 0.2) is 6.07 Å². The molecule has 2 atom stereocenters. The highest BCUT2D eigenvalue weighted by molar-refractivity contribution is 5.20. The number of ether oxygens (including phenoxy) is 2. The largest absolute Gasteiger partial charge is 0.481 e. The minimum absolute atomic E-state index is 0.151. The van der Waals surface area contributed by atoms with Crippen molar-refractivity contribution in [1.82, 2.24) is 20.6 Å². The van der Waals surface area contributed by atoms with Gasteiger partial charge in [-0.15, -0.1) is 0 Å². The highest BCUT2D eigenvalue weighted by Crippen LogP contribution is 2.36. The van der Waals surface area contributed by atoms with E-state index in [1.165, 1.54) is 0 Å². The van der Waals surface area contributed by atoms with Crippen LogP contribution in [0.1, 0.15) is 23.9 Å². The number of nitrogens with zero attached hydrogens (tertiary/aromatic N) is 2. The predicted molar refractivity (Wildman–Crippen MR) is 75.1 cm³/mol. The van der Waals surface area contributed by atoms with Crippen LogP contribution in [0.5, 0.6) is 5.88 Å². The van der Waals surface area contributed by atoms with Crippen LogP contribution < -0.4 is 15.4 Å². The number of morpholine rings is 1. The summed E-state index contributed by atoms with van der Waals surface area (Å²) < 4.78 is 11.4. The maximum absolute atomic E-state index is 6.16. The molecule has 2 saturated heterocycles. The van der Waals surface area contributed by atoms with Gasteiger partial charge in [-0.25, -0.2) is 4.98 Å². The standard InChI is InChI=1S/C14H22N4O2/c1-10-7-12(19-2)18-13(17-10)11-8-15-4-3-14(11)9-16-5-6-20-14/h7,11,15-16H,3-6,8-9H2,1-2H3. The molecule has 110 valence electrons. The third-order valence-corrected chi connectivity index (χ3v) is 4.17. The zero-order valence-electron chi connectivity index (χ0n) is 12.1. The SMILES string of the molecule is COc1cc(C)nc(C2CNCCC23CNCCO3)n1. The lowest BCUT2D eigenvalue weighted by Gasteiger charge is -2.46. The van der Waals surface area contributed by atoms with Crippen molar-refractivity contribution in [2.75, 3.05) is 39.9 Å². The van der Waals surface area contributed by atoms with Gasteiger partial charge in [-0.1, -0.05) is 0 Å². The third-order valence-electron chi connectivity index (χ3n) is 4.17. The fraction of sp³-hybridized carbons (Fsp3) is 0.714. The van der Waals surface area contributed by atoms with Crippen LogP contribution in [0.2, 0.25) is 0 Å². The van der Waals surface area contributed by atoms with Crippen molar-refractivity contribution >= 4 is 0 Å². The first-order chi connectivity index (χ1) is 9.73. The van der Waals surface area contributed by atoms with Crippen molar-refractivity contribution in [3.05, 3.63) is 17.6 Å². The molecule has 2 fully saturated rings. The van der Waals surface area contributed by atoms with Crippen LogP contribution in [0, 0.1) is 6.92 Å². The molecular formula is C14H22N4O2. The Morgan fingerprint density at radius 3 is 3.00 bits per heavy atom. The molecule has 6 nitrogen and oxygen atoms in total. The average Bonchev–Trinajstić information content (AvgIpc) is 2.48. The smallest absolute Gasteiger partial charge is 0.216 e. The zero-order chi connectivity index (χ0) is 14.0. The second-order valence-corrected chi connectivity index (χ2v) is 5.51. The Balaban J connectivity index is 1.95. The summed E-state index contributed by atoms with van der Waals surface area (Å²) in [5, 5.41) is 6.88. The molecule has 2 aliphatic rings. The van der Waals surface area contributed by atoms with Crippen LogP contribution >= 0.6 is 0 Å². The van der Waals surface area contributed by atoms with E-state index in [4.69, 9.17) is 9.47 Å². The lowest BCUT2D eigenvalue weighted by molar-refractivity contribution is -0.0988. The number of hydrogen-bond acceptors (Lipinski definition) is 6. The number of piperidine rings is 1. The van der Waals surface area contributed by atoms with Crippen LogP contribution in [0.25, 0.3) is 0 Å². The molecule has 0 radical (unpaired) electrons. The van der Waals surface area contributed by atoms with E-state index in [0.717, 1.165) is 50.7 Å². The third kappa shape index (κ3) is 2.51. The van der Waals surface area contributed by atoms with Crippen LogP contribution in [-0.4, -0.2) is 55.5 Å². The fourth-order valence-corrected chi connectivity index (χ4v) is 3.12. The van der Waals surface area contributed by atoms with Crippen molar-refractivity contribution in [1.29, 1.82) is 0 Å². The lowest BCUT2D eigenvalue weighted by Crippen LogP contribution is -2.59. The first-order valence-corrected chi connectivity index (χ1v) is 7.18. The van der Waals surface area contributed by atoms with Crippen LogP contribution in [0.4, 0.5) is 0 Å². The van der Waals surface area contributed by atoms with E-state index in [1.54, 1.807) is 7.11 Å². The first kappa shape index (κ1) is 13.7. The molecule has 0 aliphatic carbocycles. The Labute approximate surface area is 119 Å². The summed E-state index contributed by atoms with van der Waals surface area (Å²) in [5.74, 6) is 1.59. The first-order valence-electron chi connectivity index (χ1n) is 7.18. The monoisotopic (exact) mass is 278 g/mol. The number of aromatic nitrogens is 2. The molecule has 0 aromatic carbocycles. The van der Waals surface area contributed by atoms with Gasteiger partial charge < -0.3 is 20.1 Å². The molecule has 0 saturated carbocycles. The Kier molecular flexibility index (Phi) is 3.87. The Hall–Kier alpha value is -1.24. The summed E-state index contributed by atoms with van der Waals surface area (Å²) in [6.07, 6.45) is 0.976. The Morgan fingerprint density at radius 1 is 1.35 bits per heavy atom. The second kappa shape index (κ2) is 5.63. The fourth-order valence-electron chi connectivity index (χ4n) is 3.12. The number of nitrogens with one attached hydrogen (secondary N) is 2. The molecule has 6 heteroatoms. The molecule has 1 aromatic heterocycles. The van der Waals surface area contributed by atoms with E-state index in [2.05, 4.69) is 20.6 Å². The molecule has 1 spiro atoms. The summed E-state index contributed by atoms with van der Waals surface area (Å²) in [4.78, 5) is 9.16. The predicted octanol–water partition coefficient (Wildman–Crippen LogP) is 0.229. The number of aryl methyl sites for hydroxylation is 1. The van der Waals surface area contributed by atoms with E-state index in [0.29, 0.717) is 5.88 Å². The number of rotatable bonds is 2. The molecule has 20 heavy (non-hydrogen) atoms. The summed E-state index contributed by atoms with van der Waals surface area (Å²) in [6.45, 7) is 6.31. The van der Waals surface area contributed by atoms with Gasteiger partial charge in [-0.2, -0.15) is 4.98 Å². The second-order valence-electron chi connectivity index (χ2n) is 5.51. The molecular weight excluding hydrogens is 256 g/mol. The summed E-state index contributed by atoms with van der Waals surface area (Å²) >= 11 is 0. The van der Waals surface area contributed by atoms with E-state index in [-0.39, 0.29) is 11.5 Å². The van der Waals surface area contributed by atoms with Gasteiger partial charge in [0, 0.05) is 31.4 Å². The van der Waals surface area contributed by atoms with E-state index in [9.17, 15) is 0 Å². The van der Waals surface area contributed by atoms with Crippen molar-refractivity contribution in [2.24, 2.45) is 0 Å². The molecule has 1 aromatic rings. The van der Waals surface area contributed by atoms with Crippen molar-refractivity contribution in [3.8, 4) is 5.88 Å². The van der Waals surface area contributed by atoms with Crippen molar-refractivity contribution < 1.29 is 9.47 Å². The maximum Gasteiger partial charge on any atom is 0.216 e. The van der Waals surface area contributed by atoms with Gasteiger partial charge in [-0.3, -0.25) is 0 Å². The minimum Gasteiger partial charge on any atom is -0.481 e. The van der Waals surface area contributed by atoms with Crippen LogP contribution in [0.3, 0.4) is 0 Å². The molecule has 2 aliphatic heterocycles. The van der Waals surface area contributed by atoms with Gasteiger partial charge in [0.25, 0.3) is 0 Å². The number of methoxy groups -OCH3 is 1. The minimum atomic E-state index is -0.192. The van der Waals surface area contributed by atoms with Gasteiger partial charge in [0.05, 0.1) is 25.2 Å². The van der Waals surface area contributed by atoms with Gasteiger partial charge in [0.15, 0.2) is 0 Å². The van der Waals surface area contributed by atoms with E-state index >= 15 is 0 Å². The van der Waals surface area contributed by atoms with Gasteiger partial charge in [0.2, 0.25) is 5.88 Å². The quantitative estimate of drug-likeness (QED) is 0.807. The van der Waals surface area contributed by atoms with Crippen LogP contribution in [-0.2, 0) is 4.74 Å². The highest BCUT2D eigenvalue weighted by Gasteiger charge is 2.45. The maximum atomic E-state index is 6.16. The summed E-state index contributed by atoms with van der Waals surface area (Å²) in [7, 11) is 1.64. The van der Waals surface area contributed by atoms with Gasteiger partial charge in [-0.05, 0) is 19.9 Å². The van der Waals surface area contributed by atoms with E-state index in [1.807, 2.05) is 13.0 Å². The highest BCUT2D eigenvalue weighted by atomic mass is 16.5. The molecule has 2 N–H and O–H groups in total. The summed E-state index contributed by atoms with van der Waals surface area (Å²) in [6, 6.07) is 1.85. The molecule has 2 unspecified atom stereocenters. The van der Waals surface area contributed by atoms with Gasteiger partial charge in [0.1, 0.15) is 5.82 Å². The lowest BCUT2D eigenvalue weighted by atomic mass is 9.80. The Morgan fingerprint density at radius 2 is 2.25 bits per heavy atom. The topological polar surface area (TPSA) is 68.3 Å². The molecule has 0 bridgehead atoms. The summed E-state index contributed by atoms with van der Waals surface area (Å²) in [5.41, 5.74) is 0.735. The average molecular weight is 278 g/mol. The Bertz CT molecular complexity index is 466. The van der Waals surface area contributed by atoms with Gasteiger partial charge >= 0.3 is 0 Å². The normalized spacial score (nSPS) is 30.4. The van der Waals surface area contributed by atoms with E-state index < -0.39 is 0 Å².